The molecule has 2 rings (SSSR count). The summed E-state index contributed by atoms with van der Waals surface area (Å²) in [5.41, 5.74) is 0. The summed E-state index contributed by atoms with van der Waals surface area (Å²) in [5, 5.41) is 0. The van der Waals surface area contributed by atoms with Crippen LogP contribution in [0.4, 0.5) is 0 Å². The van der Waals surface area contributed by atoms with Crippen LogP contribution in [0, 0.1) is 5.92 Å². The maximum absolute atomic E-state index is 4.11. The Balaban J connectivity index is 1.72. The predicted molar refractivity (Wildman–Crippen MR) is 74.4 cm³/mol. The van der Waals surface area contributed by atoms with Crippen molar-refractivity contribution in [1.29, 1.82) is 0 Å². The van der Waals surface area contributed by atoms with Crippen molar-refractivity contribution in [1.82, 2.24) is 14.5 Å². The van der Waals surface area contributed by atoms with Crippen LogP contribution in [0.1, 0.15) is 19.3 Å². The molecule has 0 amide bonds. The molecule has 0 aromatic carbocycles. The second kappa shape index (κ2) is 7.07. The molecule has 0 saturated carbocycles. The minimum Gasteiger partial charge on any atom is -0.337 e. The van der Waals surface area contributed by atoms with Gasteiger partial charge in [0, 0.05) is 25.5 Å². The lowest BCUT2D eigenvalue weighted by molar-refractivity contribution is 0.163. The van der Waals surface area contributed by atoms with Gasteiger partial charge in [0.25, 0.3) is 0 Å². The molecule has 1 aromatic rings. The SMILES string of the molecule is CSCCCN1CCC[C@H](Cn2ccnc2)C1. The lowest BCUT2D eigenvalue weighted by Gasteiger charge is -2.32. The Labute approximate surface area is 109 Å². The Morgan fingerprint density at radius 1 is 1.47 bits per heavy atom. The van der Waals surface area contributed by atoms with Crippen molar-refractivity contribution in [3.8, 4) is 0 Å². The second-order valence-corrected chi connectivity index (χ2v) is 5.90. The average Bonchev–Trinajstić information content (AvgIpc) is 2.83. The summed E-state index contributed by atoms with van der Waals surface area (Å²) in [4.78, 5) is 6.75. The van der Waals surface area contributed by atoms with E-state index < -0.39 is 0 Å². The van der Waals surface area contributed by atoms with E-state index >= 15 is 0 Å². The molecule has 4 heteroatoms. The molecule has 1 aliphatic rings. The molecule has 17 heavy (non-hydrogen) atoms. The first-order valence-corrected chi connectivity index (χ1v) is 7.95. The Bertz CT molecular complexity index is 300. The van der Waals surface area contributed by atoms with Crippen molar-refractivity contribution in [2.45, 2.75) is 25.8 Å². The Hall–Kier alpha value is -0.480. The highest BCUT2D eigenvalue weighted by Crippen LogP contribution is 2.18. The number of rotatable bonds is 6. The van der Waals surface area contributed by atoms with Gasteiger partial charge in [-0.05, 0) is 50.3 Å². The Morgan fingerprint density at radius 2 is 2.41 bits per heavy atom. The van der Waals surface area contributed by atoms with Crippen LogP contribution in [-0.2, 0) is 6.54 Å². The summed E-state index contributed by atoms with van der Waals surface area (Å²) in [7, 11) is 0. The van der Waals surface area contributed by atoms with Crippen molar-refractivity contribution < 1.29 is 0 Å². The molecule has 0 N–H and O–H groups in total. The summed E-state index contributed by atoms with van der Waals surface area (Å²) in [5.74, 6) is 2.11. The molecular formula is C13H23N3S. The van der Waals surface area contributed by atoms with E-state index in [9.17, 15) is 0 Å². The molecule has 0 radical (unpaired) electrons. The summed E-state index contributed by atoms with van der Waals surface area (Å²) >= 11 is 1.96. The van der Waals surface area contributed by atoms with Crippen LogP contribution >= 0.6 is 11.8 Å². The molecule has 96 valence electrons. The highest BCUT2D eigenvalue weighted by Gasteiger charge is 2.19. The zero-order chi connectivity index (χ0) is 11.9. The molecule has 1 saturated heterocycles. The van der Waals surface area contributed by atoms with Gasteiger partial charge < -0.3 is 9.47 Å². The van der Waals surface area contributed by atoms with Crippen LogP contribution in [0.3, 0.4) is 0 Å². The van der Waals surface area contributed by atoms with E-state index in [0.717, 1.165) is 12.5 Å². The minimum atomic E-state index is 0.812. The van der Waals surface area contributed by atoms with Crippen molar-refractivity contribution >= 4 is 11.8 Å². The van der Waals surface area contributed by atoms with Crippen LogP contribution in [0.15, 0.2) is 18.7 Å². The van der Waals surface area contributed by atoms with Gasteiger partial charge in [-0.15, -0.1) is 0 Å². The van der Waals surface area contributed by atoms with E-state index in [-0.39, 0.29) is 0 Å². The lowest BCUT2D eigenvalue weighted by Crippen LogP contribution is -2.37. The Morgan fingerprint density at radius 3 is 3.18 bits per heavy atom. The second-order valence-electron chi connectivity index (χ2n) is 4.91. The molecule has 0 spiro atoms. The summed E-state index contributed by atoms with van der Waals surface area (Å²) in [6.07, 6.45) is 12.1. The van der Waals surface area contributed by atoms with Crippen molar-refractivity contribution in [3.05, 3.63) is 18.7 Å². The van der Waals surface area contributed by atoms with Gasteiger partial charge in [0.2, 0.25) is 0 Å². The lowest BCUT2D eigenvalue weighted by atomic mass is 9.98. The highest BCUT2D eigenvalue weighted by molar-refractivity contribution is 7.98. The third-order valence-electron chi connectivity index (χ3n) is 3.45. The van der Waals surface area contributed by atoms with Gasteiger partial charge >= 0.3 is 0 Å². The van der Waals surface area contributed by atoms with Crippen LogP contribution in [-0.4, -0.2) is 46.1 Å². The van der Waals surface area contributed by atoms with E-state index in [1.165, 1.54) is 44.6 Å². The molecule has 3 nitrogen and oxygen atoms in total. The molecule has 1 aliphatic heterocycles. The number of likely N-dealkylation sites (tertiary alicyclic amines) is 1. The number of imidazole rings is 1. The topological polar surface area (TPSA) is 21.1 Å². The number of piperidine rings is 1. The van der Waals surface area contributed by atoms with Gasteiger partial charge in [0.05, 0.1) is 6.33 Å². The van der Waals surface area contributed by atoms with Gasteiger partial charge in [0.15, 0.2) is 0 Å². The van der Waals surface area contributed by atoms with Gasteiger partial charge in [0.1, 0.15) is 0 Å². The number of aromatic nitrogens is 2. The van der Waals surface area contributed by atoms with E-state index in [0.29, 0.717) is 0 Å². The fourth-order valence-corrected chi connectivity index (χ4v) is 3.05. The molecule has 2 heterocycles. The third kappa shape index (κ3) is 4.36. The number of hydrogen-bond acceptors (Lipinski definition) is 3. The highest BCUT2D eigenvalue weighted by atomic mass is 32.2. The average molecular weight is 253 g/mol. The zero-order valence-corrected chi connectivity index (χ0v) is 11.5. The normalized spacial score (nSPS) is 21.8. The van der Waals surface area contributed by atoms with E-state index in [4.69, 9.17) is 0 Å². The first kappa shape index (κ1) is 13.0. The molecule has 0 aliphatic carbocycles. The fraction of sp³-hybridized carbons (Fsp3) is 0.769. The van der Waals surface area contributed by atoms with Crippen LogP contribution in [0.25, 0.3) is 0 Å². The van der Waals surface area contributed by atoms with Crippen molar-refractivity contribution in [3.63, 3.8) is 0 Å². The third-order valence-corrected chi connectivity index (χ3v) is 4.15. The summed E-state index contributed by atoms with van der Waals surface area (Å²) in [6, 6.07) is 0. The quantitative estimate of drug-likeness (QED) is 0.726. The largest absolute Gasteiger partial charge is 0.337 e. The zero-order valence-electron chi connectivity index (χ0n) is 10.7. The van der Waals surface area contributed by atoms with Crippen molar-refractivity contribution in [2.75, 3.05) is 31.6 Å². The smallest absolute Gasteiger partial charge is 0.0946 e. The molecular weight excluding hydrogens is 230 g/mol. The first-order chi connectivity index (χ1) is 8.38. The standard InChI is InChI=1S/C13H23N3S/c1-17-9-3-7-15-6-2-4-13(10-15)11-16-8-5-14-12-16/h5,8,12-13H,2-4,6-7,9-11H2,1H3/t13-/m0/s1. The van der Waals surface area contributed by atoms with Crippen LogP contribution in [0.5, 0.6) is 0 Å². The van der Waals surface area contributed by atoms with Gasteiger partial charge in [-0.3, -0.25) is 0 Å². The molecule has 1 atom stereocenters. The minimum absolute atomic E-state index is 0.812. The van der Waals surface area contributed by atoms with Crippen molar-refractivity contribution in [2.24, 2.45) is 5.92 Å². The maximum atomic E-state index is 4.11. The first-order valence-electron chi connectivity index (χ1n) is 6.55. The number of thioether (sulfide) groups is 1. The van der Waals surface area contributed by atoms with Crippen LogP contribution in [0.2, 0.25) is 0 Å². The molecule has 1 aromatic heterocycles. The number of hydrogen-bond donors (Lipinski definition) is 0. The van der Waals surface area contributed by atoms with E-state index in [1.54, 1.807) is 0 Å². The van der Waals surface area contributed by atoms with Gasteiger partial charge in [-0.1, -0.05) is 0 Å². The summed E-state index contributed by atoms with van der Waals surface area (Å²) in [6.45, 7) is 4.99. The monoisotopic (exact) mass is 253 g/mol. The predicted octanol–water partition coefficient (Wildman–Crippen LogP) is 2.35. The van der Waals surface area contributed by atoms with Crippen LogP contribution < -0.4 is 0 Å². The maximum Gasteiger partial charge on any atom is 0.0946 e. The van der Waals surface area contributed by atoms with Gasteiger partial charge in [-0.2, -0.15) is 11.8 Å². The Kier molecular flexibility index (Phi) is 5.39. The van der Waals surface area contributed by atoms with E-state index in [2.05, 4.69) is 26.9 Å². The molecule has 0 bridgehead atoms. The summed E-state index contributed by atoms with van der Waals surface area (Å²) < 4.78 is 2.22. The van der Waals surface area contributed by atoms with Gasteiger partial charge in [-0.25, -0.2) is 4.98 Å². The number of nitrogens with zero attached hydrogens (tertiary/aromatic N) is 3. The fourth-order valence-electron chi connectivity index (χ4n) is 2.63. The van der Waals surface area contributed by atoms with E-state index in [1.807, 2.05) is 24.3 Å². The molecule has 0 unspecified atom stereocenters. The molecule has 1 fully saturated rings.